The van der Waals surface area contributed by atoms with Crippen LogP contribution in [0.25, 0.3) is 0 Å². The van der Waals surface area contributed by atoms with Gasteiger partial charge in [0, 0.05) is 32.7 Å². The number of hydrogen-bond donors (Lipinski definition) is 2. The van der Waals surface area contributed by atoms with E-state index in [4.69, 9.17) is 27.9 Å². The first kappa shape index (κ1) is 17.5. The normalized spacial score (nSPS) is 10.4. The van der Waals surface area contributed by atoms with Crippen molar-refractivity contribution in [3.05, 3.63) is 46.2 Å². The topological polar surface area (TPSA) is 76.1 Å². The summed E-state index contributed by atoms with van der Waals surface area (Å²) in [7, 11) is 1.65. The standard InChI is InChI=1S/C15H16Cl2N4O2/c1-23-7-3-6-18-15-19-8-10(9-20-15)14(22)21-12-5-2-4-11(16)13(12)17/h2,4-5,8-9H,3,6-7H2,1H3,(H,21,22)(H,18,19,20). The molecule has 1 amide bonds. The lowest BCUT2D eigenvalue weighted by Gasteiger charge is -2.08. The molecule has 8 heteroatoms. The maximum Gasteiger partial charge on any atom is 0.258 e. The number of carbonyl (C=O) groups is 1. The Kier molecular flexibility index (Phi) is 6.58. The summed E-state index contributed by atoms with van der Waals surface area (Å²) >= 11 is 11.9. The number of nitrogens with one attached hydrogen (secondary N) is 2. The number of hydrogen-bond acceptors (Lipinski definition) is 5. The van der Waals surface area contributed by atoms with Crippen LogP contribution in [0.5, 0.6) is 0 Å². The van der Waals surface area contributed by atoms with Crippen LogP contribution in [-0.4, -0.2) is 36.1 Å². The molecule has 2 N–H and O–H groups in total. The molecule has 0 saturated carbocycles. The number of ether oxygens (including phenoxy) is 1. The molecule has 0 fully saturated rings. The van der Waals surface area contributed by atoms with E-state index in [9.17, 15) is 4.79 Å². The summed E-state index contributed by atoms with van der Waals surface area (Å²) in [4.78, 5) is 20.4. The maximum atomic E-state index is 12.2. The van der Waals surface area contributed by atoms with Crippen LogP contribution in [-0.2, 0) is 4.74 Å². The monoisotopic (exact) mass is 354 g/mol. The number of methoxy groups -OCH3 is 1. The highest BCUT2D eigenvalue weighted by Gasteiger charge is 2.11. The Labute approximate surface area is 144 Å². The molecule has 0 aliphatic carbocycles. The van der Waals surface area contributed by atoms with Gasteiger partial charge in [-0.15, -0.1) is 0 Å². The van der Waals surface area contributed by atoms with E-state index >= 15 is 0 Å². The summed E-state index contributed by atoms with van der Waals surface area (Å²) in [5.41, 5.74) is 0.759. The zero-order chi connectivity index (χ0) is 16.7. The van der Waals surface area contributed by atoms with Gasteiger partial charge < -0.3 is 15.4 Å². The van der Waals surface area contributed by atoms with Gasteiger partial charge in [0.05, 0.1) is 21.3 Å². The first-order chi connectivity index (χ1) is 11.1. The second kappa shape index (κ2) is 8.67. The molecule has 2 aromatic rings. The van der Waals surface area contributed by atoms with Crippen molar-refractivity contribution in [3.8, 4) is 0 Å². The van der Waals surface area contributed by atoms with Crippen LogP contribution in [0.3, 0.4) is 0 Å². The number of rotatable bonds is 7. The van der Waals surface area contributed by atoms with Crippen molar-refractivity contribution in [2.75, 3.05) is 30.9 Å². The van der Waals surface area contributed by atoms with Crippen molar-refractivity contribution in [2.24, 2.45) is 0 Å². The zero-order valence-electron chi connectivity index (χ0n) is 12.5. The Bertz CT molecular complexity index is 665. The molecule has 0 aliphatic heterocycles. The lowest BCUT2D eigenvalue weighted by atomic mass is 10.2. The molecule has 0 radical (unpaired) electrons. The highest BCUT2D eigenvalue weighted by atomic mass is 35.5. The summed E-state index contributed by atoms with van der Waals surface area (Å²) in [6.45, 7) is 1.35. The first-order valence-corrected chi connectivity index (χ1v) is 7.67. The summed E-state index contributed by atoms with van der Waals surface area (Å²) < 4.78 is 4.95. The third-order valence-corrected chi connectivity index (χ3v) is 3.74. The van der Waals surface area contributed by atoms with Crippen LogP contribution >= 0.6 is 23.2 Å². The van der Waals surface area contributed by atoms with Crippen LogP contribution in [0.15, 0.2) is 30.6 Å². The largest absolute Gasteiger partial charge is 0.385 e. The molecule has 122 valence electrons. The van der Waals surface area contributed by atoms with Crippen molar-refractivity contribution < 1.29 is 9.53 Å². The average molecular weight is 355 g/mol. The summed E-state index contributed by atoms with van der Waals surface area (Å²) in [6.07, 6.45) is 3.73. The number of anilines is 2. The van der Waals surface area contributed by atoms with Crippen LogP contribution in [0.1, 0.15) is 16.8 Å². The second-order valence-electron chi connectivity index (χ2n) is 4.62. The van der Waals surface area contributed by atoms with E-state index in [0.717, 1.165) is 6.42 Å². The SMILES string of the molecule is COCCCNc1ncc(C(=O)Nc2cccc(Cl)c2Cl)cn1. The molecule has 0 unspecified atom stereocenters. The fraction of sp³-hybridized carbons (Fsp3) is 0.267. The van der Waals surface area contributed by atoms with Crippen LogP contribution in [0.2, 0.25) is 10.0 Å². The van der Waals surface area contributed by atoms with E-state index in [-0.39, 0.29) is 5.91 Å². The van der Waals surface area contributed by atoms with Gasteiger partial charge in [-0.25, -0.2) is 9.97 Å². The smallest absolute Gasteiger partial charge is 0.258 e. The van der Waals surface area contributed by atoms with Gasteiger partial charge in [-0.05, 0) is 18.6 Å². The molecule has 1 aromatic heterocycles. The number of benzene rings is 1. The van der Waals surface area contributed by atoms with E-state index in [0.29, 0.717) is 40.4 Å². The van der Waals surface area contributed by atoms with Gasteiger partial charge in [0.1, 0.15) is 0 Å². The number of nitrogens with zero attached hydrogens (tertiary/aromatic N) is 2. The van der Waals surface area contributed by atoms with Crippen LogP contribution in [0.4, 0.5) is 11.6 Å². The Hall–Kier alpha value is -1.89. The maximum absolute atomic E-state index is 12.2. The minimum Gasteiger partial charge on any atom is -0.385 e. The molecule has 2 rings (SSSR count). The summed E-state index contributed by atoms with van der Waals surface area (Å²) in [6, 6.07) is 5.01. The Morgan fingerprint density at radius 1 is 1.26 bits per heavy atom. The highest BCUT2D eigenvalue weighted by Crippen LogP contribution is 2.29. The Morgan fingerprint density at radius 3 is 2.70 bits per heavy atom. The van der Waals surface area contributed by atoms with E-state index < -0.39 is 0 Å². The van der Waals surface area contributed by atoms with Crippen LogP contribution in [0, 0.1) is 0 Å². The lowest BCUT2D eigenvalue weighted by Crippen LogP contribution is -2.14. The molecular formula is C15H16Cl2N4O2. The first-order valence-electron chi connectivity index (χ1n) is 6.92. The Morgan fingerprint density at radius 2 is 2.00 bits per heavy atom. The van der Waals surface area contributed by atoms with E-state index in [1.807, 2.05) is 0 Å². The third-order valence-electron chi connectivity index (χ3n) is 2.92. The average Bonchev–Trinajstić information content (AvgIpc) is 2.56. The van der Waals surface area contributed by atoms with Gasteiger partial charge in [0.15, 0.2) is 0 Å². The van der Waals surface area contributed by atoms with Crippen molar-refractivity contribution in [2.45, 2.75) is 6.42 Å². The summed E-state index contributed by atoms with van der Waals surface area (Å²) in [5, 5.41) is 6.38. The van der Waals surface area contributed by atoms with Crippen molar-refractivity contribution in [3.63, 3.8) is 0 Å². The summed E-state index contributed by atoms with van der Waals surface area (Å²) in [5.74, 6) is 0.0959. The molecular weight excluding hydrogens is 339 g/mol. The van der Waals surface area contributed by atoms with Gasteiger partial charge in [0.25, 0.3) is 5.91 Å². The van der Waals surface area contributed by atoms with Gasteiger partial charge in [-0.1, -0.05) is 29.3 Å². The fourth-order valence-corrected chi connectivity index (χ4v) is 2.10. The number of carbonyl (C=O) groups excluding carboxylic acids is 1. The van der Waals surface area contributed by atoms with Crippen LogP contribution < -0.4 is 10.6 Å². The highest BCUT2D eigenvalue weighted by molar-refractivity contribution is 6.44. The predicted octanol–water partition coefficient (Wildman–Crippen LogP) is 3.48. The number of amides is 1. The van der Waals surface area contributed by atoms with Crippen molar-refractivity contribution in [1.82, 2.24) is 9.97 Å². The Balaban J connectivity index is 1.96. The number of aromatic nitrogens is 2. The van der Waals surface area contributed by atoms with Gasteiger partial charge in [-0.3, -0.25) is 4.79 Å². The fourth-order valence-electron chi connectivity index (χ4n) is 1.75. The van der Waals surface area contributed by atoms with Gasteiger partial charge >= 0.3 is 0 Å². The molecule has 0 saturated heterocycles. The minimum absolute atomic E-state index is 0.292. The van der Waals surface area contributed by atoms with E-state index in [1.54, 1.807) is 25.3 Å². The van der Waals surface area contributed by atoms with E-state index in [1.165, 1.54) is 12.4 Å². The molecule has 23 heavy (non-hydrogen) atoms. The molecule has 0 aliphatic rings. The quantitative estimate of drug-likeness (QED) is 0.744. The molecule has 0 bridgehead atoms. The zero-order valence-corrected chi connectivity index (χ0v) is 14.0. The lowest BCUT2D eigenvalue weighted by molar-refractivity contribution is 0.102. The molecule has 1 heterocycles. The van der Waals surface area contributed by atoms with E-state index in [2.05, 4.69) is 20.6 Å². The number of halogens is 2. The third kappa shape index (κ3) is 5.06. The van der Waals surface area contributed by atoms with Gasteiger partial charge in [-0.2, -0.15) is 0 Å². The molecule has 1 aromatic carbocycles. The van der Waals surface area contributed by atoms with Gasteiger partial charge in [0.2, 0.25) is 5.95 Å². The molecule has 0 atom stereocenters. The minimum atomic E-state index is -0.361. The van der Waals surface area contributed by atoms with Crippen molar-refractivity contribution in [1.29, 1.82) is 0 Å². The predicted molar refractivity (Wildman–Crippen MR) is 91.4 cm³/mol. The molecule has 6 nitrogen and oxygen atoms in total. The second-order valence-corrected chi connectivity index (χ2v) is 5.41. The molecule has 0 spiro atoms. The van der Waals surface area contributed by atoms with Crippen molar-refractivity contribution >= 4 is 40.7 Å².